The molecule has 0 spiro atoms. The molecule has 4 rings (SSSR count). The van der Waals surface area contributed by atoms with Crippen LogP contribution in [0.2, 0.25) is 0 Å². The summed E-state index contributed by atoms with van der Waals surface area (Å²) in [7, 11) is 0. The highest BCUT2D eigenvalue weighted by atomic mass is 35.5. The molecule has 1 aliphatic rings. The molecule has 2 atom stereocenters. The third kappa shape index (κ3) is 6.12. The summed E-state index contributed by atoms with van der Waals surface area (Å²) in [5.41, 5.74) is 3.75. The predicted octanol–water partition coefficient (Wildman–Crippen LogP) is 4.70. The van der Waals surface area contributed by atoms with Crippen LogP contribution < -0.4 is 0 Å². The molecule has 0 amide bonds. The number of piperazine rings is 1. The summed E-state index contributed by atoms with van der Waals surface area (Å²) < 4.78 is 0. The van der Waals surface area contributed by atoms with Gasteiger partial charge in [-0.25, -0.2) is 0 Å². The van der Waals surface area contributed by atoms with E-state index in [1.165, 1.54) is 11.1 Å². The van der Waals surface area contributed by atoms with Crippen molar-refractivity contribution in [1.82, 2.24) is 9.80 Å². The van der Waals surface area contributed by atoms with Crippen molar-refractivity contribution in [2.75, 3.05) is 32.8 Å². The van der Waals surface area contributed by atoms with Crippen molar-refractivity contribution in [3.8, 4) is 0 Å². The molecule has 0 radical (unpaired) electrons. The molecule has 2 aromatic carbocycles. The summed E-state index contributed by atoms with van der Waals surface area (Å²) in [5.74, 6) is 0. The molecule has 174 valence electrons. The van der Waals surface area contributed by atoms with E-state index in [0.717, 1.165) is 36.6 Å². The van der Waals surface area contributed by atoms with E-state index >= 15 is 0 Å². The summed E-state index contributed by atoms with van der Waals surface area (Å²) in [4.78, 5) is 5.68. The minimum atomic E-state index is -0.653. The van der Waals surface area contributed by atoms with Gasteiger partial charge in [0.15, 0.2) is 0 Å². The first-order valence-corrected chi connectivity index (χ1v) is 11.5. The highest BCUT2D eigenvalue weighted by Gasteiger charge is 2.32. The van der Waals surface area contributed by atoms with Gasteiger partial charge in [0, 0.05) is 31.1 Å². The first-order chi connectivity index (χ1) is 14.7. The highest BCUT2D eigenvalue weighted by Crippen LogP contribution is 2.31. The third-order valence-corrected chi connectivity index (χ3v) is 7.13. The lowest BCUT2D eigenvalue weighted by Crippen LogP contribution is -2.53. The number of aliphatic hydroxyl groups is 2. The molecule has 0 unspecified atom stereocenters. The Morgan fingerprint density at radius 2 is 1.34 bits per heavy atom. The number of thiophene rings is 1. The summed E-state index contributed by atoms with van der Waals surface area (Å²) in [6, 6.07) is 23.3. The fourth-order valence-electron chi connectivity index (χ4n) is 4.43. The number of rotatable bonds is 7. The van der Waals surface area contributed by atoms with Crippen LogP contribution in [0.4, 0.5) is 0 Å². The third-order valence-electron chi connectivity index (χ3n) is 6.01. The van der Waals surface area contributed by atoms with Gasteiger partial charge in [-0.15, -0.1) is 36.2 Å². The van der Waals surface area contributed by atoms with Gasteiger partial charge in [0.1, 0.15) is 6.10 Å². The standard InChI is InChI=1S/C25H30N2O2S.2ClH/c1-19-16-23(30-18-19)25(29)22(17-28)26-12-14-27(15-13-26)24(20-8-4-2-5-9-20)21-10-6-3-7-11-21;;/h2-11,16,18,22,24-25,28-29H,12-15,17H2,1H3;2*1H/t22-,25-;;/m0../s1. The lowest BCUT2D eigenvalue weighted by atomic mass is 9.96. The van der Waals surface area contributed by atoms with E-state index in [0.29, 0.717) is 0 Å². The summed E-state index contributed by atoms with van der Waals surface area (Å²) in [6.45, 7) is 5.42. The monoisotopic (exact) mass is 494 g/mol. The number of benzene rings is 2. The lowest BCUT2D eigenvalue weighted by Gasteiger charge is -2.43. The van der Waals surface area contributed by atoms with Crippen LogP contribution in [-0.4, -0.2) is 58.8 Å². The summed E-state index contributed by atoms with van der Waals surface area (Å²) in [6.07, 6.45) is -0.653. The Labute approximate surface area is 207 Å². The molecule has 0 bridgehead atoms. The minimum absolute atomic E-state index is 0. The topological polar surface area (TPSA) is 46.9 Å². The Kier molecular flexibility index (Phi) is 10.6. The van der Waals surface area contributed by atoms with Gasteiger partial charge in [-0.05, 0) is 35.1 Å². The number of aryl methyl sites for hydroxylation is 1. The van der Waals surface area contributed by atoms with Crippen LogP contribution in [0, 0.1) is 6.92 Å². The maximum atomic E-state index is 10.9. The van der Waals surface area contributed by atoms with Gasteiger partial charge in [0.25, 0.3) is 0 Å². The van der Waals surface area contributed by atoms with Gasteiger partial charge in [0.2, 0.25) is 0 Å². The first-order valence-electron chi connectivity index (χ1n) is 10.6. The minimum Gasteiger partial charge on any atom is -0.395 e. The average Bonchev–Trinajstić information content (AvgIpc) is 3.23. The largest absolute Gasteiger partial charge is 0.395 e. The molecule has 0 saturated carbocycles. The maximum absolute atomic E-state index is 10.9. The van der Waals surface area contributed by atoms with Crippen LogP contribution in [0.15, 0.2) is 72.1 Å². The number of aliphatic hydroxyl groups excluding tert-OH is 2. The zero-order chi connectivity index (χ0) is 20.9. The molecular weight excluding hydrogens is 463 g/mol. The molecule has 32 heavy (non-hydrogen) atoms. The predicted molar refractivity (Wildman–Crippen MR) is 137 cm³/mol. The van der Waals surface area contributed by atoms with Gasteiger partial charge in [-0.3, -0.25) is 9.80 Å². The molecule has 1 saturated heterocycles. The van der Waals surface area contributed by atoms with Crippen molar-refractivity contribution in [2.24, 2.45) is 0 Å². The second-order valence-corrected chi connectivity index (χ2v) is 8.96. The fourth-order valence-corrected chi connectivity index (χ4v) is 5.37. The molecule has 1 aromatic heterocycles. The van der Waals surface area contributed by atoms with E-state index in [-0.39, 0.29) is 43.5 Å². The summed E-state index contributed by atoms with van der Waals surface area (Å²) >= 11 is 1.57. The lowest BCUT2D eigenvalue weighted by molar-refractivity contribution is -0.0117. The normalized spacial score (nSPS) is 16.8. The zero-order valence-corrected chi connectivity index (χ0v) is 20.7. The van der Waals surface area contributed by atoms with Crippen molar-refractivity contribution < 1.29 is 10.2 Å². The number of nitrogens with zero attached hydrogens (tertiary/aromatic N) is 2. The van der Waals surface area contributed by atoms with Gasteiger partial charge >= 0.3 is 0 Å². The number of hydrogen-bond acceptors (Lipinski definition) is 5. The SMILES string of the molecule is Cc1csc([C@@H](O)[C@H](CO)N2CCN(C(c3ccccc3)c3ccccc3)CC2)c1.Cl.Cl. The average molecular weight is 496 g/mol. The molecule has 1 fully saturated rings. The van der Waals surface area contributed by atoms with Crippen molar-refractivity contribution >= 4 is 36.2 Å². The Morgan fingerprint density at radius 3 is 1.78 bits per heavy atom. The second kappa shape index (κ2) is 12.7. The smallest absolute Gasteiger partial charge is 0.106 e. The number of halogens is 2. The van der Waals surface area contributed by atoms with Crippen LogP contribution in [-0.2, 0) is 0 Å². The summed E-state index contributed by atoms with van der Waals surface area (Å²) in [5, 5.41) is 23.0. The molecule has 3 aromatic rings. The van der Waals surface area contributed by atoms with Gasteiger partial charge in [-0.1, -0.05) is 60.7 Å². The Bertz CT molecular complexity index is 878. The molecule has 2 heterocycles. The van der Waals surface area contributed by atoms with E-state index in [1.807, 2.05) is 13.0 Å². The van der Waals surface area contributed by atoms with Crippen molar-refractivity contribution in [2.45, 2.75) is 25.1 Å². The van der Waals surface area contributed by atoms with Crippen LogP contribution in [0.3, 0.4) is 0 Å². The molecule has 2 N–H and O–H groups in total. The fraction of sp³-hybridized carbons (Fsp3) is 0.360. The van der Waals surface area contributed by atoms with Crippen LogP contribution >= 0.6 is 36.2 Å². The molecule has 1 aliphatic heterocycles. The Balaban J connectivity index is 0.00000181. The van der Waals surface area contributed by atoms with Gasteiger partial charge < -0.3 is 10.2 Å². The van der Waals surface area contributed by atoms with Gasteiger partial charge in [0.05, 0.1) is 18.7 Å². The molecule has 7 heteroatoms. The van der Waals surface area contributed by atoms with E-state index in [1.54, 1.807) is 11.3 Å². The van der Waals surface area contributed by atoms with Crippen LogP contribution in [0.1, 0.15) is 33.7 Å². The Hall–Kier alpha value is -1.44. The number of hydrogen-bond donors (Lipinski definition) is 2. The molecular formula is C25H32Cl2N2O2S. The van der Waals surface area contributed by atoms with Crippen molar-refractivity contribution in [3.63, 3.8) is 0 Å². The Morgan fingerprint density at radius 1 is 0.844 bits per heavy atom. The highest BCUT2D eigenvalue weighted by molar-refractivity contribution is 7.10. The van der Waals surface area contributed by atoms with E-state index in [4.69, 9.17) is 0 Å². The van der Waals surface area contributed by atoms with E-state index in [9.17, 15) is 10.2 Å². The molecule has 0 aliphatic carbocycles. The maximum Gasteiger partial charge on any atom is 0.106 e. The quantitative estimate of drug-likeness (QED) is 0.499. The molecule has 4 nitrogen and oxygen atoms in total. The second-order valence-electron chi connectivity index (χ2n) is 8.02. The van der Waals surface area contributed by atoms with Crippen LogP contribution in [0.5, 0.6) is 0 Å². The van der Waals surface area contributed by atoms with Gasteiger partial charge in [-0.2, -0.15) is 0 Å². The van der Waals surface area contributed by atoms with E-state index in [2.05, 4.69) is 75.8 Å². The zero-order valence-electron chi connectivity index (χ0n) is 18.2. The van der Waals surface area contributed by atoms with Crippen molar-refractivity contribution in [3.05, 3.63) is 93.7 Å². The van der Waals surface area contributed by atoms with Crippen molar-refractivity contribution in [1.29, 1.82) is 0 Å². The first kappa shape index (κ1) is 26.8. The van der Waals surface area contributed by atoms with E-state index < -0.39 is 6.10 Å². The van der Waals surface area contributed by atoms with Crippen LogP contribution in [0.25, 0.3) is 0 Å².